The second-order valence-electron chi connectivity index (χ2n) is 8.24. The number of fused-ring (bicyclic) bond motifs is 1. The van der Waals surface area contributed by atoms with Gasteiger partial charge in [-0.1, -0.05) is 50.2 Å². The average Bonchev–Trinajstić information content (AvgIpc) is 3.36. The number of nitrogens with zero attached hydrogens (tertiary/aromatic N) is 5. The molecule has 0 saturated carbocycles. The molecule has 0 amide bonds. The number of imidazole rings is 1. The number of benzene rings is 2. The highest BCUT2D eigenvalue weighted by Gasteiger charge is 2.15. The smallest absolute Gasteiger partial charge is 0.303 e. The highest BCUT2D eigenvalue weighted by molar-refractivity contribution is 5.73. The molecule has 3 aromatic heterocycles. The second kappa shape index (κ2) is 7.92. The third-order valence-electron chi connectivity index (χ3n) is 5.69. The van der Waals surface area contributed by atoms with Crippen molar-refractivity contribution in [2.75, 3.05) is 0 Å². The fourth-order valence-corrected chi connectivity index (χ4v) is 3.99. The molecule has 2 aromatic carbocycles. The molecule has 5 aromatic rings. The van der Waals surface area contributed by atoms with Crippen molar-refractivity contribution in [3.05, 3.63) is 94.3 Å². The van der Waals surface area contributed by atoms with Crippen molar-refractivity contribution in [1.82, 2.24) is 29.3 Å². The van der Waals surface area contributed by atoms with E-state index in [-0.39, 0.29) is 5.69 Å². The molecule has 3 heterocycles. The first kappa shape index (κ1) is 19.9. The summed E-state index contributed by atoms with van der Waals surface area (Å²) in [7, 11) is 0. The summed E-state index contributed by atoms with van der Waals surface area (Å²) in [4.78, 5) is 24.9. The van der Waals surface area contributed by atoms with E-state index < -0.39 is 0 Å². The number of nitrogens with one attached hydrogen (secondary N) is 1. The normalized spacial score (nSPS) is 11.5. The molecule has 0 saturated heterocycles. The van der Waals surface area contributed by atoms with Crippen LogP contribution in [0.15, 0.2) is 71.8 Å². The van der Waals surface area contributed by atoms with Crippen LogP contribution in [0.4, 0.5) is 0 Å². The van der Waals surface area contributed by atoms with Crippen molar-refractivity contribution in [1.29, 1.82) is 0 Å². The van der Waals surface area contributed by atoms with Gasteiger partial charge in [0.05, 0.1) is 18.4 Å². The summed E-state index contributed by atoms with van der Waals surface area (Å²) >= 11 is 0. The molecule has 0 spiro atoms. The number of aryl methyl sites for hydroxylation is 1. The first-order valence-corrected chi connectivity index (χ1v) is 10.7. The highest BCUT2D eigenvalue weighted by Crippen LogP contribution is 2.27. The minimum atomic E-state index is -0.199. The largest absolute Gasteiger partial charge is 0.328 e. The fraction of sp³-hybridized carbons (Fsp3) is 0.200. The van der Waals surface area contributed by atoms with Gasteiger partial charge in [-0.05, 0) is 42.2 Å². The van der Waals surface area contributed by atoms with Crippen LogP contribution < -0.4 is 5.69 Å². The predicted molar refractivity (Wildman–Crippen MR) is 125 cm³/mol. The van der Waals surface area contributed by atoms with Crippen molar-refractivity contribution in [2.45, 2.75) is 33.2 Å². The Balaban J connectivity index is 1.52. The van der Waals surface area contributed by atoms with Crippen LogP contribution in [0.3, 0.4) is 0 Å². The zero-order valence-corrected chi connectivity index (χ0v) is 18.3. The summed E-state index contributed by atoms with van der Waals surface area (Å²) in [6, 6.07) is 18.1. The van der Waals surface area contributed by atoms with E-state index >= 15 is 0 Å². The van der Waals surface area contributed by atoms with Crippen molar-refractivity contribution in [3.8, 4) is 17.1 Å². The molecule has 5 rings (SSSR count). The number of rotatable bonds is 5. The van der Waals surface area contributed by atoms with Crippen LogP contribution in [-0.4, -0.2) is 29.3 Å². The highest BCUT2D eigenvalue weighted by atomic mass is 16.1. The quantitative estimate of drug-likeness (QED) is 0.452. The predicted octanol–water partition coefficient (Wildman–Crippen LogP) is 4.45. The molecule has 0 aliphatic rings. The van der Waals surface area contributed by atoms with E-state index in [1.54, 1.807) is 17.0 Å². The molecule has 160 valence electrons. The lowest BCUT2D eigenvalue weighted by molar-refractivity contribution is 0.775. The van der Waals surface area contributed by atoms with Crippen LogP contribution in [0.2, 0.25) is 0 Å². The number of H-pyrrole nitrogens is 1. The molecule has 0 atom stereocenters. The van der Waals surface area contributed by atoms with Crippen molar-refractivity contribution in [3.63, 3.8) is 0 Å². The van der Waals surface area contributed by atoms with E-state index in [0.29, 0.717) is 29.5 Å². The number of hydrogen-bond donors (Lipinski definition) is 1. The topological polar surface area (TPSA) is 81.4 Å². The van der Waals surface area contributed by atoms with Crippen molar-refractivity contribution in [2.24, 2.45) is 0 Å². The standard InChI is InChI=1S/C25H24N6O/c1-16(2)20-6-4-5-7-21(20)23-26-14-22-24(29-23)30(25(32)28-22)15-18-8-10-19(11-9-18)31-17(3)12-13-27-31/h4-14,16H,15H2,1-3H3,(H,28,32). The molecule has 0 unspecified atom stereocenters. The van der Waals surface area contributed by atoms with Gasteiger partial charge in [0.25, 0.3) is 0 Å². The van der Waals surface area contributed by atoms with Crippen LogP contribution in [0, 0.1) is 6.92 Å². The van der Waals surface area contributed by atoms with Gasteiger partial charge in [0.2, 0.25) is 0 Å². The Morgan fingerprint density at radius 1 is 1.03 bits per heavy atom. The fourth-order valence-electron chi connectivity index (χ4n) is 3.99. The maximum Gasteiger partial charge on any atom is 0.328 e. The Hall–Kier alpha value is -4.00. The van der Waals surface area contributed by atoms with Crippen LogP contribution in [0.1, 0.15) is 36.6 Å². The SMILES string of the molecule is Cc1ccnn1-c1ccc(Cn2c(=O)[nH]c3cnc(-c4ccccc4C(C)C)nc32)cc1. The zero-order chi connectivity index (χ0) is 22.2. The summed E-state index contributed by atoms with van der Waals surface area (Å²) in [6.45, 7) is 6.73. The van der Waals surface area contributed by atoms with Gasteiger partial charge in [-0.25, -0.2) is 19.4 Å². The minimum Gasteiger partial charge on any atom is -0.303 e. The zero-order valence-electron chi connectivity index (χ0n) is 18.3. The third kappa shape index (κ3) is 3.51. The third-order valence-corrected chi connectivity index (χ3v) is 5.69. The Labute approximate surface area is 185 Å². The Kier molecular flexibility index (Phi) is 4.93. The molecule has 0 aliphatic heterocycles. The van der Waals surface area contributed by atoms with Gasteiger partial charge >= 0.3 is 5.69 Å². The summed E-state index contributed by atoms with van der Waals surface area (Å²) in [5.74, 6) is 0.968. The van der Waals surface area contributed by atoms with Gasteiger partial charge in [-0.2, -0.15) is 5.10 Å². The van der Waals surface area contributed by atoms with Gasteiger partial charge in [-0.3, -0.25) is 4.57 Å². The molecule has 7 heteroatoms. The summed E-state index contributed by atoms with van der Waals surface area (Å²) in [5, 5.41) is 4.34. The van der Waals surface area contributed by atoms with Crippen LogP contribution >= 0.6 is 0 Å². The molecule has 0 radical (unpaired) electrons. The Morgan fingerprint density at radius 3 is 2.53 bits per heavy atom. The van der Waals surface area contributed by atoms with E-state index in [1.807, 2.05) is 60.1 Å². The van der Waals surface area contributed by atoms with E-state index in [2.05, 4.69) is 35.0 Å². The molecule has 0 fully saturated rings. The monoisotopic (exact) mass is 424 g/mol. The first-order chi connectivity index (χ1) is 15.5. The molecular formula is C25H24N6O. The summed E-state index contributed by atoms with van der Waals surface area (Å²) < 4.78 is 3.54. The van der Waals surface area contributed by atoms with Crippen molar-refractivity contribution >= 4 is 11.2 Å². The lowest BCUT2D eigenvalue weighted by Gasteiger charge is -2.11. The lowest BCUT2D eigenvalue weighted by Crippen LogP contribution is -2.17. The number of hydrogen-bond acceptors (Lipinski definition) is 4. The van der Waals surface area contributed by atoms with Gasteiger partial charge in [-0.15, -0.1) is 0 Å². The molecule has 0 aliphatic carbocycles. The Morgan fingerprint density at radius 2 is 1.81 bits per heavy atom. The molecule has 0 bridgehead atoms. The summed E-state index contributed by atoms with van der Waals surface area (Å²) in [6.07, 6.45) is 3.47. The Bertz CT molecular complexity index is 1460. The lowest BCUT2D eigenvalue weighted by atomic mass is 9.97. The van der Waals surface area contributed by atoms with Gasteiger partial charge in [0.15, 0.2) is 11.5 Å². The molecule has 7 nitrogen and oxygen atoms in total. The van der Waals surface area contributed by atoms with E-state index in [9.17, 15) is 4.79 Å². The van der Waals surface area contributed by atoms with E-state index in [0.717, 1.165) is 22.5 Å². The van der Waals surface area contributed by atoms with Crippen LogP contribution in [-0.2, 0) is 6.54 Å². The average molecular weight is 425 g/mol. The van der Waals surface area contributed by atoms with Gasteiger partial charge < -0.3 is 4.98 Å². The van der Waals surface area contributed by atoms with Crippen LogP contribution in [0.25, 0.3) is 28.2 Å². The van der Waals surface area contributed by atoms with E-state index in [1.165, 1.54) is 5.56 Å². The van der Waals surface area contributed by atoms with Crippen molar-refractivity contribution < 1.29 is 0 Å². The first-order valence-electron chi connectivity index (χ1n) is 10.7. The number of aromatic amines is 1. The maximum atomic E-state index is 12.7. The second-order valence-corrected chi connectivity index (χ2v) is 8.24. The molecular weight excluding hydrogens is 400 g/mol. The minimum absolute atomic E-state index is 0.199. The molecule has 32 heavy (non-hydrogen) atoms. The molecule has 1 N–H and O–H groups in total. The van der Waals surface area contributed by atoms with Crippen LogP contribution in [0.5, 0.6) is 0 Å². The van der Waals surface area contributed by atoms with E-state index in [4.69, 9.17) is 4.98 Å². The maximum absolute atomic E-state index is 12.7. The summed E-state index contributed by atoms with van der Waals surface area (Å²) in [5.41, 5.74) is 6.26. The van der Waals surface area contributed by atoms with Gasteiger partial charge in [0.1, 0.15) is 5.52 Å². The van der Waals surface area contributed by atoms with Gasteiger partial charge in [0, 0.05) is 17.5 Å². The number of aromatic nitrogens is 6.